The third-order valence-corrected chi connectivity index (χ3v) is 8.31. The lowest BCUT2D eigenvalue weighted by Crippen LogP contribution is -2.47. The van der Waals surface area contributed by atoms with Gasteiger partial charge in [-0.2, -0.15) is 0 Å². The normalized spacial score (nSPS) is 20.1. The van der Waals surface area contributed by atoms with Crippen molar-refractivity contribution in [2.45, 2.75) is 63.5 Å². The zero-order valence-corrected chi connectivity index (χ0v) is 21.3. The molecule has 2 saturated heterocycles. The summed E-state index contributed by atoms with van der Waals surface area (Å²) in [6, 6.07) is 9.38. The van der Waals surface area contributed by atoms with Gasteiger partial charge in [-0.3, -0.25) is 14.3 Å². The van der Waals surface area contributed by atoms with Gasteiger partial charge in [0.15, 0.2) is 0 Å². The van der Waals surface area contributed by atoms with Crippen molar-refractivity contribution >= 4 is 27.5 Å². The number of benzene rings is 2. The van der Waals surface area contributed by atoms with Gasteiger partial charge in [0, 0.05) is 30.9 Å². The van der Waals surface area contributed by atoms with Crippen LogP contribution in [0.5, 0.6) is 0 Å². The molecule has 2 aliphatic heterocycles. The predicted octanol–water partition coefficient (Wildman–Crippen LogP) is 3.31. The Hall–Kier alpha value is -2.91. The lowest BCUT2D eigenvalue weighted by molar-refractivity contribution is -0.125. The van der Waals surface area contributed by atoms with Crippen molar-refractivity contribution in [2.24, 2.45) is 0 Å². The van der Waals surface area contributed by atoms with E-state index in [0.717, 1.165) is 37.0 Å². The molecule has 2 heterocycles. The summed E-state index contributed by atoms with van der Waals surface area (Å²) in [5, 5.41) is 2.93. The molecular weight excluding hydrogens is 466 g/mol. The minimum absolute atomic E-state index is 0.0372. The van der Waals surface area contributed by atoms with Crippen LogP contribution >= 0.6 is 0 Å². The quantitative estimate of drug-likeness (QED) is 0.608. The highest BCUT2D eigenvalue weighted by Gasteiger charge is 2.35. The highest BCUT2D eigenvalue weighted by atomic mass is 32.2. The maximum atomic E-state index is 13.3. The van der Waals surface area contributed by atoms with E-state index in [-0.39, 0.29) is 22.8 Å². The third-order valence-electron chi connectivity index (χ3n) is 6.79. The van der Waals surface area contributed by atoms with E-state index < -0.39 is 16.1 Å². The molecule has 2 fully saturated rings. The zero-order valence-electron chi connectivity index (χ0n) is 20.5. The number of anilines is 1. The molecule has 4 rings (SSSR count). The molecule has 2 unspecified atom stereocenters. The van der Waals surface area contributed by atoms with Crippen molar-refractivity contribution < 1.29 is 22.7 Å². The van der Waals surface area contributed by atoms with E-state index >= 15 is 0 Å². The molecule has 0 spiro atoms. The Bertz CT molecular complexity index is 1220. The molecule has 35 heavy (non-hydrogen) atoms. The summed E-state index contributed by atoms with van der Waals surface area (Å²) in [6.45, 7) is 7.23. The zero-order chi connectivity index (χ0) is 25.2. The number of nitrogens with one attached hydrogen (secondary N) is 2. The number of rotatable bonds is 7. The van der Waals surface area contributed by atoms with E-state index in [9.17, 15) is 18.0 Å². The Balaban J connectivity index is 1.47. The number of ether oxygens (including phenoxy) is 1. The van der Waals surface area contributed by atoms with E-state index in [4.69, 9.17) is 4.74 Å². The van der Waals surface area contributed by atoms with Gasteiger partial charge in [0.2, 0.25) is 5.91 Å². The summed E-state index contributed by atoms with van der Waals surface area (Å²) in [4.78, 5) is 27.9. The molecule has 2 aliphatic rings. The molecule has 2 N–H and O–H groups in total. The molecule has 8 nitrogen and oxygen atoms in total. The molecular formula is C26H33N3O5S. The molecule has 0 saturated carbocycles. The fraction of sp³-hybridized carbons (Fsp3) is 0.462. The molecule has 0 aliphatic carbocycles. The first-order chi connectivity index (χ1) is 16.7. The molecule has 2 aromatic rings. The van der Waals surface area contributed by atoms with Crippen molar-refractivity contribution in [3.8, 4) is 0 Å². The van der Waals surface area contributed by atoms with Gasteiger partial charge in [0.05, 0.1) is 11.0 Å². The topological polar surface area (TPSA) is 105 Å². The van der Waals surface area contributed by atoms with Gasteiger partial charge in [-0.25, -0.2) is 8.42 Å². The fourth-order valence-corrected chi connectivity index (χ4v) is 6.10. The predicted molar refractivity (Wildman–Crippen MR) is 134 cm³/mol. The number of hydrogen-bond donors (Lipinski definition) is 2. The van der Waals surface area contributed by atoms with Crippen molar-refractivity contribution in [3.63, 3.8) is 0 Å². The number of carbonyl (C=O) groups excluding carboxylic acids is 2. The van der Waals surface area contributed by atoms with E-state index in [0.29, 0.717) is 36.3 Å². The van der Waals surface area contributed by atoms with Crippen LogP contribution in [0.15, 0.2) is 41.3 Å². The Morgan fingerprint density at radius 3 is 2.54 bits per heavy atom. The van der Waals surface area contributed by atoms with E-state index in [2.05, 4.69) is 10.0 Å². The van der Waals surface area contributed by atoms with Gasteiger partial charge in [0.25, 0.3) is 15.9 Å². The SMILES string of the molecule is Cc1cc(C)c(S(=O)(=O)Nc2cccc(C(=O)N3CCCC3C(=O)NCC3CCCO3)c2)cc1C. The average molecular weight is 500 g/mol. The largest absolute Gasteiger partial charge is 0.376 e. The standard InChI is InChI=1S/C26H33N3O5S/c1-17-13-19(3)24(14-18(17)2)35(32,33)28-21-8-4-7-20(15-21)26(31)29-11-5-10-23(29)25(30)27-16-22-9-6-12-34-22/h4,7-8,13-15,22-23,28H,5-6,9-12,16H2,1-3H3,(H,27,30). The summed E-state index contributed by atoms with van der Waals surface area (Å²) < 4.78 is 34.3. The van der Waals surface area contributed by atoms with Crippen LogP contribution in [0.2, 0.25) is 0 Å². The summed E-state index contributed by atoms with van der Waals surface area (Å²) >= 11 is 0. The maximum absolute atomic E-state index is 13.3. The molecule has 0 bridgehead atoms. The summed E-state index contributed by atoms with van der Waals surface area (Å²) in [7, 11) is -3.84. The van der Waals surface area contributed by atoms with Crippen LogP contribution in [0.4, 0.5) is 5.69 Å². The Morgan fingerprint density at radius 2 is 1.80 bits per heavy atom. The van der Waals surface area contributed by atoms with Gasteiger partial charge in [-0.1, -0.05) is 12.1 Å². The van der Waals surface area contributed by atoms with Crippen molar-refractivity contribution in [2.75, 3.05) is 24.4 Å². The Labute approximate surface area is 207 Å². The highest BCUT2D eigenvalue weighted by Crippen LogP contribution is 2.25. The molecule has 0 aromatic heterocycles. The highest BCUT2D eigenvalue weighted by molar-refractivity contribution is 7.92. The fourth-order valence-electron chi connectivity index (χ4n) is 4.74. The first-order valence-corrected chi connectivity index (χ1v) is 13.5. The van der Waals surface area contributed by atoms with Crippen LogP contribution in [0, 0.1) is 20.8 Å². The summed E-state index contributed by atoms with van der Waals surface area (Å²) in [5.41, 5.74) is 3.20. The van der Waals surface area contributed by atoms with Crippen LogP contribution in [-0.2, 0) is 19.6 Å². The third kappa shape index (κ3) is 5.67. The number of sulfonamides is 1. The average Bonchev–Trinajstić information content (AvgIpc) is 3.51. The molecule has 2 atom stereocenters. The second kappa shape index (κ2) is 10.4. The van der Waals surface area contributed by atoms with Gasteiger partial charge < -0.3 is 15.0 Å². The van der Waals surface area contributed by atoms with Crippen LogP contribution < -0.4 is 10.0 Å². The maximum Gasteiger partial charge on any atom is 0.262 e. The molecule has 0 radical (unpaired) electrons. The van der Waals surface area contributed by atoms with Crippen molar-refractivity contribution in [1.29, 1.82) is 0 Å². The monoisotopic (exact) mass is 499 g/mol. The number of hydrogen-bond acceptors (Lipinski definition) is 5. The van der Waals surface area contributed by atoms with E-state index in [1.807, 2.05) is 19.9 Å². The first-order valence-electron chi connectivity index (χ1n) is 12.1. The lowest BCUT2D eigenvalue weighted by Gasteiger charge is -2.25. The molecule has 2 aromatic carbocycles. The second-order valence-electron chi connectivity index (χ2n) is 9.43. The summed E-state index contributed by atoms with van der Waals surface area (Å²) in [5.74, 6) is -0.461. The van der Waals surface area contributed by atoms with Gasteiger partial charge in [-0.15, -0.1) is 0 Å². The second-order valence-corrected chi connectivity index (χ2v) is 11.1. The van der Waals surface area contributed by atoms with Gasteiger partial charge in [0.1, 0.15) is 6.04 Å². The first kappa shape index (κ1) is 25.2. The van der Waals surface area contributed by atoms with Gasteiger partial charge in [-0.05, 0) is 87.4 Å². The number of aryl methyl sites for hydroxylation is 3. The smallest absolute Gasteiger partial charge is 0.262 e. The minimum atomic E-state index is -3.84. The number of nitrogens with zero attached hydrogens (tertiary/aromatic N) is 1. The van der Waals surface area contributed by atoms with Crippen molar-refractivity contribution in [3.05, 3.63) is 58.7 Å². The molecule has 188 valence electrons. The van der Waals surface area contributed by atoms with Crippen molar-refractivity contribution in [1.82, 2.24) is 10.2 Å². The minimum Gasteiger partial charge on any atom is -0.376 e. The molecule has 2 amide bonds. The van der Waals surface area contributed by atoms with Crippen LogP contribution in [0.3, 0.4) is 0 Å². The Kier molecular flexibility index (Phi) is 7.47. The van der Waals surface area contributed by atoms with Crippen LogP contribution in [-0.4, -0.2) is 57.0 Å². The van der Waals surface area contributed by atoms with E-state index in [1.165, 1.54) is 6.07 Å². The number of carbonyl (C=O) groups is 2. The number of amides is 2. The van der Waals surface area contributed by atoms with Crippen LogP contribution in [0.1, 0.15) is 52.7 Å². The molecule has 9 heteroatoms. The van der Waals surface area contributed by atoms with E-state index in [1.54, 1.807) is 36.1 Å². The number of likely N-dealkylation sites (tertiary alicyclic amines) is 1. The lowest BCUT2D eigenvalue weighted by atomic mass is 10.1. The Morgan fingerprint density at radius 1 is 1.03 bits per heavy atom. The van der Waals surface area contributed by atoms with Gasteiger partial charge >= 0.3 is 0 Å². The van der Waals surface area contributed by atoms with Crippen LogP contribution in [0.25, 0.3) is 0 Å². The summed E-state index contributed by atoms with van der Waals surface area (Å²) in [6.07, 6.45) is 3.30.